The Bertz CT molecular complexity index is 405. The first-order valence-corrected chi connectivity index (χ1v) is 8.89. The Morgan fingerprint density at radius 2 is 1.83 bits per heavy atom. The summed E-state index contributed by atoms with van der Waals surface area (Å²) in [5, 5.41) is 0. The van der Waals surface area contributed by atoms with Crippen molar-refractivity contribution in [1.29, 1.82) is 0 Å². The van der Waals surface area contributed by atoms with Crippen LogP contribution in [0.15, 0.2) is 30.3 Å². The van der Waals surface area contributed by atoms with Crippen LogP contribution in [0.5, 0.6) is 0 Å². The average molecular weight is 338 g/mol. The van der Waals surface area contributed by atoms with Crippen LogP contribution in [0, 0.1) is 0 Å². The molecule has 1 aliphatic rings. The van der Waals surface area contributed by atoms with Gasteiger partial charge in [-0.3, -0.25) is 0 Å². The molecule has 5 nitrogen and oxygen atoms in total. The molecule has 24 heavy (non-hydrogen) atoms. The van der Waals surface area contributed by atoms with Crippen LogP contribution >= 0.6 is 0 Å². The Morgan fingerprint density at radius 3 is 2.62 bits per heavy atom. The fourth-order valence-corrected chi connectivity index (χ4v) is 2.41. The zero-order valence-corrected chi connectivity index (χ0v) is 14.7. The average Bonchev–Trinajstić information content (AvgIpc) is 2.64. The molecule has 5 heteroatoms. The van der Waals surface area contributed by atoms with Gasteiger partial charge in [-0.1, -0.05) is 30.3 Å². The molecule has 1 aliphatic heterocycles. The molecule has 0 saturated carbocycles. The van der Waals surface area contributed by atoms with Crippen LogP contribution in [-0.2, 0) is 30.3 Å². The smallest absolute Gasteiger partial charge is 0.157 e. The predicted molar refractivity (Wildman–Crippen MR) is 91.9 cm³/mol. The summed E-state index contributed by atoms with van der Waals surface area (Å²) in [4.78, 5) is 0. The van der Waals surface area contributed by atoms with E-state index in [-0.39, 0.29) is 12.4 Å². The third-order valence-electron chi connectivity index (χ3n) is 3.77. The van der Waals surface area contributed by atoms with Crippen molar-refractivity contribution in [1.82, 2.24) is 0 Å². The Kier molecular flexibility index (Phi) is 9.99. The normalized spacial score (nSPS) is 19.3. The number of ether oxygens (including phenoxy) is 5. The third-order valence-corrected chi connectivity index (χ3v) is 3.77. The molecule has 0 N–H and O–H groups in total. The molecular formula is C19H30O5. The first-order valence-electron chi connectivity index (χ1n) is 8.89. The molecule has 2 atom stereocenters. The Labute approximate surface area is 145 Å². The van der Waals surface area contributed by atoms with Gasteiger partial charge in [-0.15, -0.1) is 0 Å². The summed E-state index contributed by atoms with van der Waals surface area (Å²) in [5.41, 5.74) is 1.18. The molecule has 0 aliphatic carbocycles. The van der Waals surface area contributed by atoms with E-state index < -0.39 is 0 Å². The fraction of sp³-hybridized carbons (Fsp3) is 0.684. The fourth-order valence-electron chi connectivity index (χ4n) is 2.41. The summed E-state index contributed by atoms with van der Waals surface area (Å²) >= 11 is 0. The second-order valence-corrected chi connectivity index (χ2v) is 5.96. The van der Waals surface area contributed by atoms with Gasteiger partial charge in [0.05, 0.1) is 45.7 Å². The van der Waals surface area contributed by atoms with Crippen molar-refractivity contribution in [3.63, 3.8) is 0 Å². The number of hydrogen-bond acceptors (Lipinski definition) is 5. The summed E-state index contributed by atoms with van der Waals surface area (Å²) < 4.78 is 27.9. The van der Waals surface area contributed by atoms with Gasteiger partial charge in [0, 0.05) is 6.61 Å². The highest BCUT2D eigenvalue weighted by Gasteiger charge is 2.13. The molecule has 1 saturated heterocycles. The van der Waals surface area contributed by atoms with Crippen LogP contribution in [0.4, 0.5) is 0 Å². The van der Waals surface area contributed by atoms with Crippen molar-refractivity contribution < 1.29 is 23.7 Å². The molecule has 0 radical (unpaired) electrons. The molecule has 1 aromatic carbocycles. The molecule has 0 amide bonds. The van der Waals surface area contributed by atoms with Crippen LogP contribution in [0.25, 0.3) is 0 Å². The predicted octanol–water partition coefficient (Wildman–Crippen LogP) is 3.17. The number of rotatable bonds is 12. The molecule has 0 aromatic heterocycles. The second kappa shape index (κ2) is 12.4. The van der Waals surface area contributed by atoms with Gasteiger partial charge < -0.3 is 23.7 Å². The van der Waals surface area contributed by atoms with Crippen LogP contribution in [0.2, 0.25) is 0 Å². The lowest BCUT2D eigenvalue weighted by molar-refractivity contribution is -0.169. The van der Waals surface area contributed by atoms with Gasteiger partial charge in [-0.25, -0.2) is 0 Å². The van der Waals surface area contributed by atoms with Crippen molar-refractivity contribution >= 4 is 0 Å². The quantitative estimate of drug-likeness (QED) is 0.548. The van der Waals surface area contributed by atoms with E-state index in [2.05, 4.69) is 12.1 Å². The minimum atomic E-state index is -0.0405. The molecule has 0 spiro atoms. The van der Waals surface area contributed by atoms with E-state index in [1.807, 2.05) is 25.1 Å². The highest BCUT2D eigenvalue weighted by atomic mass is 16.7. The van der Waals surface area contributed by atoms with E-state index in [9.17, 15) is 0 Å². The Balaban J connectivity index is 1.36. The summed E-state index contributed by atoms with van der Waals surface area (Å²) in [6.07, 6.45) is 3.34. The molecule has 0 bridgehead atoms. The minimum absolute atomic E-state index is 0.0405. The topological polar surface area (TPSA) is 46.2 Å². The standard InChI is InChI=1S/C19H30O5/c1-17(24-16-18-7-3-2-4-8-18)15-21-12-11-20-13-14-23-19-9-5-6-10-22-19/h2-4,7-8,17,19H,5-6,9-16H2,1H3/t17-,19?/m0/s1. The zero-order chi connectivity index (χ0) is 16.9. The zero-order valence-electron chi connectivity index (χ0n) is 14.7. The highest BCUT2D eigenvalue weighted by molar-refractivity contribution is 5.13. The maximum atomic E-state index is 5.74. The van der Waals surface area contributed by atoms with E-state index in [1.165, 1.54) is 12.0 Å². The van der Waals surface area contributed by atoms with Crippen molar-refractivity contribution in [2.75, 3.05) is 39.6 Å². The summed E-state index contributed by atoms with van der Waals surface area (Å²) in [7, 11) is 0. The van der Waals surface area contributed by atoms with E-state index in [4.69, 9.17) is 23.7 Å². The van der Waals surface area contributed by atoms with Crippen LogP contribution in [0.3, 0.4) is 0 Å². The van der Waals surface area contributed by atoms with Crippen molar-refractivity contribution in [2.24, 2.45) is 0 Å². The van der Waals surface area contributed by atoms with Gasteiger partial charge >= 0.3 is 0 Å². The highest BCUT2D eigenvalue weighted by Crippen LogP contribution is 2.13. The van der Waals surface area contributed by atoms with Crippen molar-refractivity contribution in [2.45, 2.75) is 45.2 Å². The van der Waals surface area contributed by atoms with E-state index in [0.29, 0.717) is 39.6 Å². The van der Waals surface area contributed by atoms with Gasteiger partial charge in [0.1, 0.15) is 0 Å². The maximum absolute atomic E-state index is 5.74. The second-order valence-electron chi connectivity index (χ2n) is 5.96. The lowest BCUT2D eigenvalue weighted by Gasteiger charge is -2.22. The number of benzene rings is 1. The first kappa shape index (κ1) is 19.3. The molecule has 1 fully saturated rings. The summed E-state index contributed by atoms with van der Waals surface area (Å²) in [6.45, 7) is 6.29. The first-order chi connectivity index (χ1) is 11.8. The van der Waals surface area contributed by atoms with Crippen LogP contribution < -0.4 is 0 Å². The van der Waals surface area contributed by atoms with Gasteiger partial charge in [-0.2, -0.15) is 0 Å². The lowest BCUT2D eigenvalue weighted by Crippen LogP contribution is -2.24. The molecule has 136 valence electrons. The van der Waals surface area contributed by atoms with Gasteiger partial charge in [0.25, 0.3) is 0 Å². The van der Waals surface area contributed by atoms with E-state index >= 15 is 0 Å². The lowest BCUT2D eigenvalue weighted by atomic mass is 10.2. The largest absolute Gasteiger partial charge is 0.377 e. The monoisotopic (exact) mass is 338 g/mol. The molecule has 1 aromatic rings. The van der Waals surface area contributed by atoms with E-state index in [0.717, 1.165) is 19.4 Å². The van der Waals surface area contributed by atoms with Gasteiger partial charge in [-0.05, 0) is 31.7 Å². The molecule has 2 rings (SSSR count). The van der Waals surface area contributed by atoms with Crippen LogP contribution in [-0.4, -0.2) is 52.0 Å². The molecular weight excluding hydrogens is 308 g/mol. The van der Waals surface area contributed by atoms with Gasteiger partial charge in [0.15, 0.2) is 6.29 Å². The van der Waals surface area contributed by atoms with E-state index in [1.54, 1.807) is 0 Å². The van der Waals surface area contributed by atoms with Crippen LogP contribution in [0.1, 0.15) is 31.7 Å². The summed E-state index contributed by atoms with van der Waals surface area (Å²) in [5.74, 6) is 0. The number of hydrogen-bond donors (Lipinski definition) is 0. The maximum Gasteiger partial charge on any atom is 0.157 e. The Hall–Kier alpha value is -0.980. The molecule has 1 unspecified atom stereocenters. The minimum Gasteiger partial charge on any atom is -0.377 e. The van der Waals surface area contributed by atoms with Crippen molar-refractivity contribution in [3.05, 3.63) is 35.9 Å². The molecule has 1 heterocycles. The van der Waals surface area contributed by atoms with Crippen molar-refractivity contribution in [3.8, 4) is 0 Å². The third kappa shape index (κ3) is 8.76. The SMILES string of the molecule is C[C@@H](COCCOCCOC1CCCCO1)OCc1ccccc1. The Morgan fingerprint density at radius 1 is 1.04 bits per heavy atom. The summed E-state index contributed by atoms with van der Waals surface area (Å²) in [6, 6.07) is 10.1. The van der Waals surface area contributed by atoms with Gasteiger partial charge in [0.2, 0.25) is 0 Å².